The Morgan fingerprint density at radius 1 is 1.50 bits per heavy atom. The van der Waals surface area contributed by atoms with Crippen molar-refractivity contribution in [1.29, 1.82) is 5.26 Å². The molecule has 106 valence electrons. The summed E-state index contributed by atoms with van der Waals surface area (Å²) in [5.74, 6) is -1.97. The second-order valence-corrected chi connectivity index (χ2v) is 4.38. The molecule has 0 aliphatic carbocycles. The van der Waals surface area contributed by atoms with Crippen molar-refractivity contribution in [3.05, 3.63) is 23.8 Å². The van der Waals surface area contributed by atoms with Crippen molar-refractivity contribution in [2.45, 2.75) is 6.92 Å². The van der Waals surface area contributed by atoms with Gasteiger partial charge in [-0.1, -0.05) is 0 Å². The van der Waals surface area contributed by atoms with E-state index in [2.05, 4.69) is 5.32 Å². The van der Waals surface area contributed by atoms with Crippen LogP contribution in [0.1, 0.15) is 17.3 Å². The van der Waals surface area contributed by atoms with Crippen molar-refractivity contribution >= 4 is 17.7 Å². The zero-order valence-corrected chi connectivity index (χ0v) is 11.1. The lowest BCUT2D eigenvalue weighted by atomic mass is 10.2. The number of nitrogens with zero attached hydrogens (tertiary/aromatic N) is 2. The maximum Gasteiger partial charge on any atom is 0.339 e. The Morgan fingerprint density at radius 3 is 2.70 bits per heavy atom. The standard InChI is InChI=1S/C13H15N3O4/c1-8(6-14)7-16(2)13(20)15-9-3-4-11(17)10(5-9)12(18)19/h3-5,8,17H,7H2,1-2H3,(H,15,20)(H,18,19). The SMILES string of the molecule is CC(C#N)CN(C)C(=O)Nc1ccc(O)c(C(=O)O)c1. The van der Waals surface area contributed by atoms with E-state index >= 15 is 0 Å². The number of phenols is 1. The van der Waals surface area contributed by atoms with Crippen molar-refractivity contribution in [1.82, 2.24) is 4.90 Å². The minimum Gasteiger partial charge on any atom is -0.507 e. The fraction of sp³-hybridized carbons (Fsp3) is 0.308. The summed E-state index contributed by atoms with van der Waals surface area (Å²) in [6.07, 6.45) is 0. The number of carboxylic acids is 1. The molecule has 0 aromatic heterocycles. The van der Waals surface area contributed by atoms with Crippen molar-refractivity contribution in [3.63, 3.8) is 0 Å². The van der Waals surface area contributed by atoms with Gasteiger partial charge in [0, 0.05) is 19.3 Å². The highest BCUT2D eigenvalue weighted by atomic mass is 16.4. The lowest BCUT2D eigenvalue weighted by Crippen LogP contribution is -2.34. The van der Waals surface area contributed by atoms with Crippen LogP contribution in [0.15, 0.2) is 18.2 Å². The first kappa shape index (κ1) is 15.3. The van der Waals surface area contributed by atoms with Crippen LogP contribution in [-0.4, -0.2) is 40.7 Å². The molecule has 2 amide bonds. The summed E-state index contributed by atoms with van der Waals surface area (Å²) in [7, 11) is 1.53. The van der Waals surface area contributed by atoms with Crippen LogP contribution in [0, 0.1) is 17.2 Å². The number of anilines is 1. The third-order valence-electron chi connectivity index (χ3n) is 2.59. The topological polar surface area (TPSA) is 114 Å². The van der Waals surface area contributed by atoms with Gasteiger partial charge < -0.3 is 20.4 Å². The second-order valence-electron chi connectivity index (χ2n) is 4.38. The molecule has 1 aromatic rings. The number of nitriles is 1. The maximum absolute atomic E-state index is 11.8. The van der Waals surface area contributed by atoms with Crippen LogP contribution in [0.2, 0.25) is 0 Å². The predicted octanol–water partition coefficient (Wildman–Crippen LogP) is 1.71. The summed E-state index contributed by atoms with van der Waals surface area (Å²) in [5, 5.41) is 29.4. The number of hydrogen-bond acceptors (Lipinski definition) is 4. The molecule has 0 heterocycles. The number of carboxylic acid groups (broad SMARTS) is 1. The molecule has 3 N–H and O–H groups in total. The first-order chi connectivity index (χ1) is 9.35. The zero-order chi connectivity index (χ0) is 15.3. The van der Waals surface area contributed by atoms with Gasteiger partial charge in [-0.3, -0.25) is 0 Å². The Morgan fingerprint density at radius 2 is 2.15 bits per heavy atom. The van der Waals surface area contributed by atoms with Crippen molar-refractivity contribution in [2.24, 2.45) is 5.92 Å². The van der Waals surface area contributed by atoms with Crippen molar-refractivity contribution in [2.75, 3.05) is 18.9 Å². The Labute approximate surface area is 116 Å². The van der Waals surface area contributed by atoms with Gasteiger partial charge in [0.25, 0.3) is 0 Å². The molecule has 20 heavy (non-hydrogen) atoms. The van der Waals surface area contributed by atoms with Crippen LogP contribution in [-0.2, 0) is 0 Å². The summed E-state index contributed by atoms with van der Waals surface area (Å²) >= 11 is 0. The summed E-state index contributed by atoms with van der Waals surface area (Å²) in [6, 6.07) is 5.30. The van der Waals surface area contributed by atoms with E-state index in [1.807, 2.05) is 6.07 Å². The number of urea groups is 1. The number of benzene rings is 1. The highest BCUT2D eigenvalue weighted by Crippen LogP contribution is 2.21. The van der Waals surface area contributed by atoms with Gasteiger partial charge in [-0.05, 0) is 25.1 Å². The third kappa shape index (κ3) is 3.88. The smallest absolute Gasteiger partial charge is 0.339 e. The summed E-state index contributed by atoms with van der Waals surface area (Å²) in [5.41, 5.74) is -0.0440. The van der Waals surface area contributed by atoms with Crippen molar-refractivity contribution < 1.29 is 19.8 Å². The molecule has 1 unspecified atom stereocenters. The molecule has 7 heteroatoms. The highest BCUT2D eigenvalue weighted by Gasteiger charge is 2.14. The van der Waals surface area contributed by atoms with Crippen LogP contribution in [0.25, 0.3) is 0 Å². The monoisotopic (exact) mass is 277 g/mol. The average Bonchev–Trinajstić information content (AvgIpc) is 2.40. The number of nitrogens with one attached hydrogen (secondary N) is 1. The second kappa shape index (κ2) is 6.43. The van der Waals surface area contributed by atoms with Crippen LogP contribution < -0.4 is 5.32 Å². The molecule has 0 saturated carbocycles. The van der Waals surface area contributed by atoms with Gasteiger partial charge in [-0.2, -0.15) is 5.26 Å². The molecule has 0 fully saturated rings. The zero-order valence-electron chi connectivity index (χ0n) is 11.1. The Bertz CT molecular complexity index is 565. The van der Waals surface area contributed by atoms with E-state index in [9.17, 15) is 14.7 Å². The van der Waals surface area contributed by atoms with Gasteiger partial charge in [0.05, 0.1) is 12.0 Å². The summed E-state index contributed by atoms with van der Waals surface area (Å²) in [6.45, 7) is 1.94. The van der Waals surface area contributed by atoms with E-state index in [1.165, 1.54) is 24.1 Å². The fourth-order valence-corrected chi connectivity index (χ4v) is 1.54. The summed E-state index contributed by atoms with van der Waals surface area (Å²) in [4.78, 5) is 24.0. The minimum atomic E-state index is -1.29. The molecular weight excluding hydrogens is 262 g/mol. The Balaban J connectivity index is 2.79. The molecule has 0 spiro atoms. The Kier molecular flexibility index (Phi) is 4.92. The van der Waals surface area contributed by atoms with Crippen molar-refractivity contribution in [3.8, 4) is 11.8 Å². The van der Waals surface area contributed by atoms with Gasteiger partial charge in [-0.25, -0.2) is 9.59 Å². The van der Waals surface area contributed by atoms with Crippen LogP contribution >= 0.6 is 0 Å². The molecule has 0 bridgehead atoms. The number of amides is 2. The van der Waals surface area contributed by atoms with E-state index < -0.39 is 12.0 Å². The number of aromatic carboxylic acids is 1. The average molecular weight is 277 g/mol. The number of aromatic hydroxyl groups is 1. The van der Waals surface area contributed by atoms with E-state index in [0.29, 0.717) is 0 Å². The molecular formula is C13H15N3O4. The third-order valence-corrected chi connectivity index (χ3v) is 2.59. The van der Waals surface area contributed by atoms with E-state index in [1.54, 1.807) is 6.92 Å². The highest BCUT2D eigenvalue weighted by molar-refractivity contribution is 5.95. The number of carbonyl (C=O) groups is 2. The summed E-state index contributed by atoms with van der Waals surface area (Å²) < 4.78 is 0. The lowest BCUT2D eigenvalue weighted by Gasteiger charge is -2.19. The predicted molar refractivity (Wildman–Crippen MR) is 71.5 cm³/mol. The molecule has 0 radical (unpaired) electrons. The molecule has 1 rings (SSSR count). The quantitative estimate of drug-likeness (QED) is 0.725. The van der Waals surface area contributed by atoms with Crippen LogP contribution in [0.3, 0.4) is 0 Å². The molecule has 0 aliphatic rings. The molecule has 0 aliphatic heterocycles. The van der Waals surface area contributed by atoms with Gasteiger partial charge in [0.2, 0.25) is 0 Å². The van der Waals surface area contributed by atoms with Crippen LogP contribution in [0.5, 0.6) is 5.75 Å². The fourth-order valence-electron chi connectivity index (χ4n) is 1.54. The first-order valence-electron chi connectivity index (χ1n) is 5.83. The van der Waals surface area contributed by atoms with Gasteiger partial charge in [-0.15, -0.1) is 0 Å². The van der Waals surface area contributed by atoms with Gasteiger partial charge in [0.15, 0.2) is 0 Å². The molecule has 7 nitrogen and oxygen atoms in total. The van der Waals surface area contributed by atoms with Gasteiger partial charge >= 0.3 is 12.0 Å². The number of carbonyl (C=O) groups excluding carboxylic acids is 1. The minimum absolute atomic E-state index is 0.252. The first-order valence-corrected chi connectivity index (χ1v) is 5.83. The largest absolute Gasteiger partial charge is 0.507 e. The molecule has 1 aromatic carbocycles. The molecule has 0 saturated heterocycles. The number of hydrogen-bond donors (Lipinski definition) is 3. The van der Waals surface area contributed by atoms with E-state index in [0.717, 1.165) is 6.07 Å². The number of rotatable bonds is 4. The molecule has 1 atom stereocenters. The lowest BCUT2D eigenvalue weighted by molar-refractivity contribution is 0.0693. The van der Waals surface area contributed by atoms with E-state index in [-0.39, 0.29) is 29.5 Å². The van der Waals surface area contributed by atoms with Gasteiger partial charge in [0.1, 0.15) is 11.3 Å². The normalized spacial score (nSPS) is 11.2. The Hall–Kier alpha value is -2.75. The maximum atomic E-state index is 11.8. The van der Waals surface area contributed by atoms with E-state index in [4.69, 9.17) is 10.4 Å². The van der Waals surface area contributed by atoms with Crippen LogP contribution in [0.4, 0.5) is 10.5 Å².